The summed E-state index contributed by atoms with van der Waals surface area (Å²) in [6.45, 7) is 4.01. The lowest BCUT2D eigenvalue weighted by atomic mass is 10.1. The lowest BCUT2D eigenvalue weighted by Gasteiger charge is -2.16. The molecule has 2 N–H and O–H groups in total. The second-order valence-electron chi connectivity index (χ2n) is 4.03. The summed E-state index contributed by atoms with van der Waals surface area (Å²) in [5.41, 5.74) is -0.0143. The summed E-state index contributed by atoms with van der Waals surface area (Å²) in [7, 11) is 0. The molecule has 17 heavy (non-hydrogen) atoms. The van der Waals surface area contributed by atoms with E-state index in [1.165, 1.54) is 6.07 Å². The Balaban J connectivity index is 2.78. The van der Waals surface area contributed by atoms with Crippen molar-refractivity contribution in [3.8, 4) is 5.75 Å². The standard InChI is InChI=1S/C13H18FNO2/c1-3-5-10(4-2)15-13(17)11-8-9(14)6-7-12(11)16/h6-8,10,16H,3-5H2,1-2H3,(H,15,17). The van der Waals surface area contributed by atoms with Crippen LogP contribution < -0.4 is 5.32 Å². The van der Waals surface area contributed by atoms with Crippen LogP contribution in [0, 0.1) is 5.82 Å². The topological polar surface area (TPSA) is 49.3 Å². The average molecular weight is 239 g/mol. The highest BCUT2D eigenvalue weighted by Crippen LogP contribution is 2.18. The summed E-state index contributed by atoms with van der Waals surface area (Å²) < 4.78 is 13.0. The van der Waals surface area contributed by atoms with Gasteiger partial charge in [0.05, 0.1) is 5.56 Å². The zero-order chi connectivity index (χ0) is 12.8. The number of benzene rings is 1. The Labute approximate surface area is 101 Å². The van der Waals surface area contributed by atoms with Gasteiger partial charge in [-0.05, 0) is 31.0 Å². The summed E-state index contributed by atoms with van der Waals surface area (Å²) in [6, 6.07) is 3.42. The van der Waals surface area contributed by atoms with E-state index in [0.29, 0.717) is 0 Å². The smallest absolute Gasteiger partial charge is 0.255 e. The molecule has 0 saturated heterocycles. The number of aromatic hydroxyl groups is 1. The van der Waals surface area contributed by atoms with Gasteiger partial charge in [0.25, 0.3) is 5.91 Å². The molecule has 1 unspecified atom stereocenters. The van der Waals surface area contributed by atoms with Crippen LogP contribution in [0.5, 0.6) is 5.75 Å². The van der Waals surface area contributed by atoms with E-state index in [-0.39, 0.29) is 17.4 Å². The van der Waals surface area contributed by atoms with Crippen LogP contribution in [0.15, 0.2) is 18.2 Å². The maximum atomic E-state index is 13.0. The summed E-state index contributed by atoms with van der Waals surface area (Å²) in [5.74, 6) is -1.16. The largest absolute Gasteiger partial charge is 0.507 e. The van der Waals surface area contributed by atoms with Gasteiger partial charge in [0.2, 0.25) is 0 Å². The molecule has 0 aromatic heterocycles. The molecule has 4 heteroatoms. The first-order valence-electron chi connectivity index (χ1n) is 5.87. The Hall–Kier alpha value is -1.58. The predicted molar refractivity (Wildman–Crippen MR) is 64.5 cm³/mol. The van der Waals surface area contributed by atoms with Gasteiger partial charge in [0, 0.05) is 6.04 Å². The average Bonchev–Trinajstić information content (AvgIpc) is 2.31. The third-order valence-corrected chi connectivity index (χ3v) is 2.67. The van der Waals surface area contributed by atoms with Crippen LogP contribution in [0.3, 0.4) is 0 Å². The highest BCUT2D eigenvalue weighted by Gasteiger charge is 2.15. The molecular weight excluding hydrogens is 221 g/mol. The van der Waals surface area contributed by atoms with Crippen LogP contribution in [0.25, 0.3) is 0 Å². The molecule has 1 atom stereocenters. The number of amides is 1. The molecule has 0 radical (unpaired) electrons. The molecular formula is C13H18FNO2. The lowest BCUT2D eigenvalue weighted by molar-refractivity contribution is 0.0930. The normalized spacial score (nSPS) is 12.2. The third kappa shape index (κ3) is 3.73. The Morgan fingerprint density at radius 2 is 2.18 bits per heavy atom. The summed E-state index contributed by atoms with van der Waals surface area (Å²) in [5, 5.41) is 12.3. The van der Waals surface area contributed by atoms with Crippen molar-refractivity contribution in [1.29, 1.82) is 0 Å². The number of hydrogen-bond acceptors (Lipinski definition) is 2. The van der Waals surface area contributed by atoms with E-state index >= 15 is 0 Å². The third-order valence-electron chi connectivity index (χ3n) is 2.67. The van der Waals surface area contributed by atoms with Crippen LogP contribution in [0.1, 0.15) is 43.5 Å². The van der Waals surface area contributed by atoms with Crippen LogP contribution in [0.4, 0.5) is 4.39 Å². The van der Waals surface area contributed by atoms with Crippen molar-refractivity contribution in [3.63, 3.8) is 0 Å². The zero-order valence-corrected chi connectivity index (χ0v) is 10.2. The maximum Gasteiger partial charge on any atom is 0.255 e. The van der Waals surface area contributed by atoms with Gasteiger partial charge < -0.3 is 10.4 Å². The van der Waals surface area contributed by atoms with Gasteiger partial charge in [0.1, 0.15) is 11.6 Å². The molecule has 0 spiro atoms. The molecule has 0 heterocycles. The fourth-order valence-corrected chi connectivity index (χ4v) is 1.68. The number of phenolic OH excluding ortho intramolecular Hbond substituents is 1. The lowest BCUT2D eigenvalue weighted by Crippen LogP contribution is -2.34. The number of phenols is 1. The second-order valence-corrected chi connectivity index (χ2v) is 4.03. The first-order valence-corrected chi connectivity index (χ1v) is 5.87. The molecule has 0 bridgehead atoms. The fourth-order valence-electron chi connectivity index (χ4n) is 1.68. The number of halogens is 1. The summed E-state index contributed by atoms with van der Waals surface area (Å²) in [6.07, 6.45) is 2.65. The zero-order valence-electron chi connectivity index (χ0n) is 10.2. The van der Waals surface area contributed by atoms with Gasteiger partial charge in [0.15, 0.2) is 0 Å². The SMILES string of the molecule is CCCC(CC)NC(=O)c1cc(F)ccc1O. The minimum Gasteiger partial charge on any atom is -0.507 e. The molecule has 94 valence electrons. The molecule has 0 aliphatic carbocycles. The van der Waals surface area contributed by atoms with Crippen LogP contribution in [-0.4, -0.2) is 17.1 Å². The molecule has 0 saturated carbocycles. The van der Waals surface area contributed by atoms with Gasteiger partial charge in [-0.3, -0.25) is 4.79 Å². The second kappa shape index (κ2) is 6.23. The minimum atomic E-state index is -0.531. The highest BCUT2D eigenvalue weighted by atomic mass is 19.1. The monoisotopic (exact) mass is 239 g/mol. The van der Waals surface area contributed by atoms with Crippen molar-refractivity contribution in [3.05, 3.63) is 29.6 Å². The van der Waals surface area contributed by atoms with E-state index in [9.17, 15) is 14.3 Å². The molecule has 1 rings (SSSR count). The number of hydrogen-bond donors (Lipinski definition) is 2. The van der Waals surface area contributed by atoms with E-state index in [0.717, 1.165) is 31.4 Å². The molecule has 0 aliphatic heterocycles. The van der Waals surface area contributed by atoms with Gasteiger partial charge in [-0.2, -0.15) is 0 Å². The van der Waals surface area contributed by atoms with E-state index in [2.05, 4.69) is 5.32 Å². The van der Waals surface area contributed by atoms with E-state index in [1.807, 2.05) is 13.8 Å². The summed E-state index contributed by atoms with van der Waals surface area (Å²) in [4.78, 5) is 11.8. The number of carbonyl (C=O) groups is 1. The first-order chi connectivity index (χ1) is 8.08. The van der Waals surface area contributed by atoms with E-state index in [1.54, 1.807) is 0 Å². The van der Waals surface area contributed by atoms with Gasteiger partial charge >= 0.3 is 0 Å². The first kappa shape index (κ1) is 13.5. The molecule has 3 nitrogen and oxygen atoms in total. The predicted octanol–water partition coefficient (Wildman–Crippen LogP) is 2.84. The fraction of sp³-hybridized carbons (Fsp3) is 0.462. The Kier molecular flexibility index (Phi) is 4.94. The highest BCUT2D eigenvalue weighted by molar-refractivity contribution is 5.96. The van der Waals surface area contributed by atoms with Gasteiger partial charge in [-0.15, -0.1) is 0 Å². The van der Waals surface area contributed by atoms with Crippen molar-refractivity contribution in [2.75, 3.05) is 0 Å². The van der Waals surface area contributed by atoms with E-state index in [4.69, 9.17) is 0 Å². The molecule has 0 aliphatic rings. The van der Waals surface area contributed by atoms with Gasteiger partial charge in [-0.25, -0.2) is 4.39 Å². The Morgan fingerprint density at radius 3 is 2.76 bits per heavy atom. The summed E-state index contributed by atoms with van der Waals surface area (Å²) >= 11 is 0. The minimum absolute atomic E-state index is 0.0143. The molecule has 1 aromatic rings. The Bertz CT molecular complexity index is 393. The van der Waals surface area contributed by atoms with Crippen LogP contribution >= 0.6 is 0 Å². The maximum absolute atomic E-state index is 13.0. The van der Waals surface area contributed by atoms with Crippen molar-refractivity contribution < 1.29 is 14.3 Å². The quantitative estimate of drug-likeness (QED) is 0.830. The Morgan fingerprint density at radius 1 is 1.47 bits per heavy atom. The molecule has 0 fully saturated rings. The number of nitrogens with one attached hydrogen (secondary N) is 1. The van der Waals surface area contributed by atoms with Crippen molar-refractivity contribution >= 4 is 5.91 Å². The van der Waals surface area contributed by atoms with Crippen LogP contribution in [0.2, 0.25) is 0 Å². The van der Waals surface area contributed by atoms with Crippen molar-refractivity contribution in [2.45, 2.75) is 39.2 Å². The molecule has 1 aromatic carbocycles. The number of rotatable bonds is 5. The van der Waals surface area contributed by atoms with Crippen molar-refractivity contribution in [1.82, 2.24) is 5.32 Å². The van der Waals surface area contributed by atoms with Gasteiger partial charge in [-0.1, -0.05) is 20.3 Å². The van der Waals surface area contributed by atoms with Crippen LogP contribution in [-0.2, 0) is 0 Å². The number of carbonyl (C=O) groups excluding carboxylic acids is 1. The van der Waals surface area contributed by atoms with E-state index < -0.39 is 11.7 Å². The molecule has 1 amide bonds. The van der Waals surface area contributed by atoms with Crippen molar-refractivity contribution in [2.24, 2.45) is 0 Å².